The number of sulfone groups is 1. The van der Waals surface area contributed by atoms with Gasteiger partial charge in [0.2, 0.25) is 5.91 Å². The zero-order valence-corrected chi connectivity index (χ0v) is 12.3. The van der Waals surface area contributed by atoms with Crippen LogP contribution < -0.4 is 0 Å². The number of nitrogens with zero attached hydrogens (tertiary/aromatic N) is 1. The van der Waals surface area contributed by atoms with Gasteiger partial charge < -0.3 is 9.64 Å². The normalized spacial score (nSPS) is 12.1. The summed E-state index contributed by atoms with van der Waals surface area (Å²) in [5.41, 5.74) is 0. The number of likely N-dealkylation sites (N-methyl/N-ethyl adjacent to an activating group) is 1. The van der Waals surface area contributed by atoms with Gasteiger partial charge in [-0.15, -0.1) is 0 Å². The van der Waals surface area contributed by atoms with E-state index in [1.54, 1.807) is 13.8 Å². The molecule has 0 rings (SSSR count). The average molecular weight is 279 g/mol. The van der Waals surface area contributed by atoms with Crippen LogP contribution in [0.15, 0.2) is 0 Å². The zero-order chi connectivity index (χ0) is 14.6. The minimum absolute atomic E-state index is 0.222. The van der Waals surface area contributed by atoms with Gasteiger partial charge in [0.15, 0.2) is 9.84 Å². The van der Waals surface area contributed by atoms with Crippen molar-refractivity contribution in [2.24, 2.45) is 0 Å². The molecule has 0 unspecified atom stereocenters. The first-order chi connectivity index (χ1) is 8.07. The van der Waals surface area contributed by atoms with Crippen molar-refractivity contribution in [2.45, 2.75) is 32.4 Å². The maximum atomic E-state index is 12.1. The summed E-state index contributed by atoms with van der Waals surface area (Å²) < 4.78 is 26.3. The number of rotatable bonds is 6. The molecule has 0 aromatic heterocycles. The molecule has 106 valence electrons. The monoisotopic (exact) mass is 279 g/mol. The van der Waals surface area contributed by atoms with Crippen LogP contribution in [-0.4, -0.2) is 55.9 Å². The Labute approximate surface area is 108 Å². The topological polar surface area (TPSA) is 80.8 Å². The van der Waals surface area contributed by atoms with E-state index in [1.807, 2.05) is 0 Å². The van der Waals surface area contributed by atoms with E-state index in [2.05, 4.69) is 0 Å². The van der Waals surface area contributed by atoms with Crippen molar-refractivity contribution in [3.63, 3.8) is 0 Å². The Hall–Kier alpha value is -1.11. The average Bonchev–Trinajstić information content (AvgIpc) is 2.23. The Kier molecular flexibility index (Phi) is 5.79. The van der Waals surface area contributed by atoms with E-state index in [-0.39, 0.29) is 19.7 Å². The van der Waals surface area contributed by atoms with E-state index in [0.29, 0.717) is 0 Å². The zero-order valence-electron chi connectivity index (χ0n) is 11.5. The molecule has 0 saturated heterocycles. The van der Waals surface area contributed by atoms with Crippen LogP contribution in [0.4, 0.5) is 0 Å². The lowest BCUT2D eigenvalue weighted by molar-refractivity contribution is -0.149. The predicted octanol–water partition coefficient (Wildman–Crippen LogP) is 0.221. The molecule has 18 heavy (non-hydrogen) atoms. The SMILES string of the molecule is CCOC(=O)CN(CC)C(=O)C(C)(C)S(C)(=O)=O. The third kappa shape index (κ3) is 3.97. The van der Waals surface area contributed by atoms with Gasteiger partial charge in [0.05, 0.1) is 6.61 Å². The Morgan fingerprint density at radius 2 is 1.72 bits per heavy atom. The maximum absolute atomic E-state index is 12.1. The van der Waals surface area contributed by atoms with Crippen LogP contribution >= 0.6 is 0 Å². The van der Waals surface area contributed by atoms with E-state index in [9.17, 15) is 18.0 Å². The molecule has 0 aliphatic heterocycles. The predicted molar refractivity (Wildman–Crippen MR) is 67.8 cm³/mol. The molecular formula is C11H21NO5S. The molecule has 0 aromatic carbocycles. The minimum Gasteiger partial charge on any atom is -0.465 e. The fourth-order valence-corrected chi connectivity index (χ4v) is 1.68. The lowest BCUT2D eigenvalue weighted by Crippen LogP contribution is -2.51. The Balaban J connectivity index is 4.99. The van der Waals surface area contributed by atoms with Gasteiger partial charge in [0.1, 0.15) is 11.3 Å². The van der Waals surface area contributed by atoms with Gasteiger partial charge in [-0.25, -0.2) is 8.42 Å². The van der Waals surface area contributed by atoms with Gasteiger partial charge in [0.25, 0.3) is 0 Å². The number of carbonyl (C=O) groups is 2. The summed E-state index contributed by atoms with van der Waals surface area (Å²) in [6.07, 6.45) is 1.00. The summed E-state index contributed by atoms with van der Waals surface area (Å²) in [5, 5.41) is 0. The highest BCUT2D eigenvalue weighted by atomic mass is 32.2. The van der Waals surface area contributed by atoms with Crippen LogP contribution in [0.5, 0.6) is 0 Å². The molecule has 0 aliphatic carbocycles. The highest BCUT2D eigenvalue weighted by Crippen LogP contribution is 2.18. The van der Waals surface area contributed by atoms with Crippen LogP contribution in [0.1, 0.15) is 27.7 Å². The van der Waals surface area contributed by atoms with E-state index in [4.69, 9.17) is 4.74 Å². The largest absolute Gasteiger partial charge is 0.465 e. The molecule has 0 radical (unpaired) electrons. The van der Waals surface area contributed by atoms with Crippen LogP contribution in [0.2, 0.25) is 0 Å². The third-order valence-corrected chi connectivity index (χ3v) is 4.76. The number of hydrogen-bond donors (Lipinski definition) is 0. The van der Waals surface area contributed by atoms with E-state index < -0.39 is 26.5 Å². The molecule has 0 atom stereocenters. The van der Waals surface area contributed by atoms with Crippen molar-refractivity contribution in [3.8, 4) is 0 Å². The molecule has 0 fully saturated rings. The summed E-state index contributed by atoms with van der Waals surface area (Å²) in [5.74, 6) is -1.14. The van der Waals surface area contributed by atoms with E-state index in [0.717, 1.165) is 6.26 Å². The van der Waals surface area contributed by atoms with E-state index >= 15 is 0 Å². The third-order valence-electron chi connectivity index (χ3n) is 2.74. The number of hydrogen-bond acceptors (Lipinski definition) is 5. The quantitative estimate of drug-likeness (QED) is 0.650. The van der Waals surface area contributed by atoms with Crippen LogP contribution in [0, 0.1) is 0 Å². The molecule has 0 aliphatic rings. The lowest BCUT2D eigenvalue weighted by Gasteiger charge is -2.29. The molecular weight excluding hydrogens is 258 g/mol. The van der Waals surface area contributed by atoms with Crippen molar-refractivity contribution in [2.75, 3.05) is 26.0 Å². The highest BCUT2D eigenvalue weighted by Gasteiger charge is 2.41. The second-order valence-corrected chi connectivity index (χ2v) is 6.97. The molecule has 7 heteroatoms. The fourth-order valence-electron chi connectivity index (χ4n) is 1.23. The van der Waals surface area contributed by atoms with Gasteiger partial charge >= 0.3 is 5.97 Å². The molecule has 1 amide bonds. The summed E-state index contributed by atoms with van der Waals surface area (Å²) in [7, 11) is -3.55. The van der Waals surface area contributed by atoms with Crippen molar-refractivity contribution >= 4 is 21.7 Å². The molecule has 0 heterocycles. The molecule has 0 N–H and O–H groups in total. The van der Waals surface area contributed by atoms with Crippen molar-refractivity contribution in [1.82, 2.24) is 4.90 Å². The lowest BCUT2D eigenvalue weighted by atomic mass is 10.1. The Bertz CT molecular complexity index is 413. The van der Waals surface area contributed by atoms with E-state index in [1.165, 1.54) is 18.7 Å². The van der Waals surface area contributed by atoms with Crippen molar-refractivity contribution < 1.29 is 22.7 Å². The molecule has 6 nitrogen and oxygen atoms in total. The molecule has 0 bridgehead atoms. The van der Waals surface area contributed by atoms with Gasteiger partial charge in [0, 0.05) is 12.8 Å². The molecule has 0 saturated carbocycles. The first-order valence-electron chi connectivity index (χ1n) is 5.72. The number of carbonyl (C=O) groups excluding carboxylic acids is 2. The van der Waals surface area contributed by atoms with Crippen LogP contribution in [0.3, 0.4) is 0 Å². The first kappa shape index (κ1) is 16.9. The summed E-state index contributed by atoms with van der Waals surface area (Å²) in [6.45, 7) is 6.24. The van der Waals surface area contributed by atoms with Gasteiger partial charge in [-0.1, -0.05) is 0 Å². The second-order valence-electron chi connectivity index (χ2n) is 4.41. The first-order valence-corrected chi connectivity index (χ1v) is 7.61. The Morgan fingerprint density at radius 1 is 1.22 bits per heavy atom. The number of ether oxygens (including phenoxy) is 1. The van der Waals surface area contributed by atoms with Gasteiger partial charge in [-0.2, -0.15) is 0 Å². The summed E-state index contributed by atoms with van der Waals surface area (Å²) in [4.78, 5) is 24.6. The standard InChI is InChI=1S/C11H21NO5S/c1-6-12(8-9(13)17-7-2)10(14)11(3,4)18(5,15)16/h6-8H2,1-5H3. The molecule has 0 aromatic rings. The second kappa shape index (κ2) is 6.17. The summed E-state index contributed by atoms with van der Waals surface area (Å²) >= 11 is 0. The number of amides is 1. The van der Waals surface area contributed by atoms with Crippen LogP contribution in [-0.2, 0) is 24.2 Å². The smallest absolute Gasteiger partial charge is 0.325 e. The number of esters is 1. The minimum atomic E-state index is -3.55. The summed E-state index contributed by atoms with van der Waals surface area (Å²) in [6, 6.07) is 0. The van der Waals surface area contributed by atoms with Crippen molar-refractivity contribution in [1.29, 1.82) is 0 Å². The van der Waals surface area contributed by atoms with Crippen LogP contribution in [0.25, 0.3) is 0 Å². The van der Waals surface area contributed by atoms with Gasteiger partial charge in [-0.05, 0) is 27.7 Å². The molecule has 0 spiro atoms. The van der Waals surface area contributed by atoms with Crippen molar-refractivity contribution in [3.05, 3.63) is 0 Å². The van der Waals surface area contributed by atoms with Gasteiger partial charge in [-0.3, -0.25) is 9.59 Å². The maximum Gasteiger partial charge on any atom is 0.325 e. The fraction of sp³-hybridized carbons (Fsp3) is 0.818. The Morgan fingerprint density at radius 3 is 2.06 bits per heavy atom. The highest BCUT2D eigenvalue weighted by molar-refractivity contribution is 7.92.